The maximum atomic E-state index is 6.69. The normalized spacial score (nSPS) is 20.8. The van der Waals surface area contributed by atoms with E-state index < -0.39 is 0 Å². The standard InChI is InChI=1S/C34H34O4/c1-35-30-19-17-29(18-20-30)31-21-22-32(36-23-26-11-5-2-6-12-26)34(38-25-28-15-9-4-10-16-28)33(31)37-24-27-13-7-3-8-14-27/h2-22,31-34H,23-25H2,1H3/t31-,32-,33+,34+/m0/s1. The molecule has 0 amide bonds. The van der Waals surface area contributed by atoms with Gasteiger partial charge < -0.3 is 18.9 Å². The zero-order chi connectivity index (χ0) is 26.0. The van der Waals surface area contributed by atoms with E-state index in [1.165, 1.54) is 0 Å². The van der Waals surface area contributed by atoms with Gasteiger partial charge >= 0.3 is 0 Å². The Morgan fingerprint density at radius 2 is 0.974 bits per heavy atom. The van der Waals surface area contributed by atoms with Gasteiger partial charge in [0.15, 0.2) is 0 Å². The van der Waals surface area contributed by atoms with Crippen LogP contribution in [0, 0.1) is 0 Å². The predicted molar refractivity (Wildman–Crippen MR) is 150 cm³/mol. The van der Waals surface area contributed by atoms with E-state index >= 15 is 0 Å². The third-order valence-corrected chi connectivity index (χ3v) is 6.87. The Bertz CT molecular complexity index is 1260. The van der Waals surface area contributed by atoms with Gasteiger partial charge in [-0.05, 0) is 34.4 Å². The second-order valence-corrected chi connectivity index (χ2v) is 9.47. The number of hydrogen-bond donors (Lipinski definition) is 0. The fourth-order valence-electron chi connectivity index (χ4n) is 4.81. The van der Waals surface area contributed by atoms with Crippen LogP contribution >= 0.6 is 0 Å². The summed E-state index contributed by atoms with van der Waals surface area (Å²) in [5.41, 5.74) is 4.52. The van der Waals surface area contributed by atoms with Gasteiger partial charge in [0.2, 0.25) is 0 Å². The van der Waals surface area contributed by atoms with Gasteiger partial charge in [0.05, 0.1) is 33.0 Å². The van der Waals surface area contributed by atoms with Gasteiger partial charge in [-0.1, -0.05) is 115 Å². The fourth-order valence-corrected chi connectivity index (χ4v) is 4.81. The lowest BCUT2D eigenvalue weighted by molar-refractivity contribution is -0.147. The minimum Gasteiger partial charge on any atom is -0.497 e. The van der Waals surface area contributed by atoms with Crippen LogP contribution in [0.2, 0.25) is 0 Å². The smallest absolute Gasteiger partial charge is 0.118 e. The lowest BCUT2D eigenvalue weighted by Crippen LogP contribution is -2.47. The molecule has 1 aliphatic carbocycles. The summed E-state index contributed by atoms with van der Waals surface area (Å²) in [7, 11) is 1.68. The molecule has 0 fully saturated rings. The predicted octanol–water partition coefficient (Wildman–Crippen LogP) is 7.10. The summed E-state index contributed by atoms with van der Waals surface area (Å²) in [4.78, 5) is 0. The Kier molecular flexibility index (Phi) is 9.01. The van der Waals surface area contributed by atoms with Crippen molar-refractivity contribution >= 4 is 0 Å². The molecule has 5 rings (SSSR count). The van der Waals surface area contributed by atoms with Gasteiger partial charge in [-0.2, -0.15) is 0 Å². The van der Waals surface area contributed by atoms with Crippen molar-refractivity contribution in [3.8, 4) is 5.75 Å². The maximum absolute atomic E-state index is 6.69. The Hall–Kier alpha value is -3.70. The summed E-state index contributed by atoms with van der Waals surface area (Å²) in [5, 5.41) is 0. The van der Waals surface area contributed by atoms with Gasteiger partial charge in [-0.3, -0.25) is 0 Å². The van der Waals surface area contributed by atoms with E-state index in [2.05, 4.69) is 60.7 Å². The second kappa shape index (κ2) is 13.2. The summed E-state index contributed by atoms with van der Waals surface area (Å²) >= 11 is 0. The highest BCUT2D eigenvalue weighted by atomic mass is 16.6. The molecule has 0 spiro atoms. The molecular weight excluding hydrogens is 472 g/mol. The highest BCUT2D eigenvalue weighted by Gasteiger charge is 2.39. The Morgan fingerprint density at radius 1 is 0.500 bits per heavy atom. The van der Waals surface area contributed by atoms with Crippen LogP contribution in [0.4, 0.5) is 0 Å². The molecule has 0 aromatic heterocycles. The van der Waals surface area contributed by atoms with Crippen molar-refractivity contribution in [2.75, 3.05) is 7.11 Å². The van der Waals surface area contributed by atoms with Crippen molar-refractivity contribution in [3.63, 3.8) is 0 Å². The van der Waals surface area contributed by atoms with Crippen LogP contribution in [0.5, 0.6) is 5.75 Å². The highest BCUT2D eigenvalue weighted by molar-refractivity contribution is 5.34. The van der Waals surface area contributed by atoms with Crippen molar-refractivity contribution in [2.24, 2.45) is 0 Å². The lowest BCUT2D eigenvalue weighted by atomic mass is 9.83. The first-order chi connectivity index (χ1) is 18.8. The largest absolute Gasteiger partial charge is 0.497 e. The molecule has 4 nitrogen and oxygen atoms in total. The van der Waals surface area contributed by atoms with Crippen molar-refractivity contribution in [1.82, 2.24) is 0 Å². The summed E-state index contributed by atoms with van der Waals surface area (Å²) in [5.74, 6) is 0.832. The molecule has 194 valence electrons. The zero-order valence-corrected chi connectivity index (χ0v) is 21.7. The van der Waals surface area contributed by atoms with Crippen LogP contribution in [0.3, 0.4) is 0 Å². The van der Waals surface area contributed by atoms with E-state index in [9.17, 15) is 0 Å². The monoisotopic (exact) mass is 506 g/mol. The molecule has 0 bridgehead atoms. The molecule has 38 heavy (non-hydrogen) atoms. The molecule has 0 unspecified atom stereocenters. The molecule has 0 N–H and O–H groups in total. The first-order valence-corrected chi connectivity index (χ1v) is 13.1. The van der Waals surface area contributed by atoms with Crippen molar-refractivity contribution in [1.29, 1.82) is 0 Å². The maximum Gasteiger partial charge on any atom is 0.118 e. The van der Waals surface area contributed by atoms with E-state index in [0.29, 0.717) is 19.8 Å². The van der Waals surface area contributed by atoms with Crippen LogP contribution in [-0.4, -0.2) is 25.4 Å². The van der Waals surface area contributed by atoms with E-state index in [-0.39, 0.29) is 24.2 Å². The number of benzene rings is 4. The van der Waals surface area contributed by atoms with Crippen molar-refractivity contribution in [3.05, 3.63) is 150 Å². The average molecular weight is 507 g/mol. The Balaban J connectivity index is 1.44. The van der Waals surface area contributed by atoms with Gasteiger partial charge in [-0.15, -0.1) is 0 Å². The van der Waals surface area contributed by atoms with Crippen LogP contribution in [0.1, 0.15) is 28.2 Å². The van der Waals surface area contributed by atoms with Gasteiger partial charge in [0.25, 0.3) is 0 Å². The number of rotatable bonds is 11. The molecule has 4 aromatic rings. The topological polar surface area (TPSA) is 36.9 Å². The van der Waals surface area contributed by atoms with Gasteiger partial charge in [-0.25, -0.2) is 0 Å². The number of methoxy groups -OCH3 is 1. The van der Waals surface area contributed by atoms with Gasteiger partial charge in [0.1, 0.15) is 18.0 Å². The van der Waals surface area contributed by atoms with Gasteiger partial charge in [0, 0.05) is 5.92 Å². The lowest BCUT2D eigenvalue weighted by Gasteiger charge is -2.39. The van der Waals surface area contributed by atoms with E-state index in [4.69, 9.17) is 18.9 Å². The molecule has 4 atom stereocenters. The minimum absolute atomic E-state index is 0.00182. The highest BCUT2D eigenvalue weighted by Crippen LogP contribution is 2.35. The third kappa shape index (κ3) is 6.78. The molecule has 0 radical (unpaired) electrons. The molecule has 0 saturated heterocycles. The molecule has 4 aromatic carbocycles. The minimum atomic E-state index is -0.306. The molecule has 0 aliphatic heterocycles. The molecule has 4 heteroatoms. The summed E-state index contributed by atoms with van der Waals surface area (Å²) in [6.07, 6.45) is 3.53. The van der Waals surface area contributed by atoms with Crippen LogP contribution in [0.25, 0.3) is 0 Å². The summed E-state index contributed by atoms with van der Waals surface area (Å²) in [6, 6.07) is 39.0. The Morgan fingerprint density at radius 3 is 1.47 bits per heavy atom. The number of ether oxygens (including phenoxy) is 4. The molecular formula is C34H34O4. The second-order valence-electron chi connectivity index (χ2n) is 9.47. The summed E-state index contributed by atoms with van der Waals surface area (Å²) in [6.45, 7) is 1.47. The van der Waals surface area contributed by atoms with Crippen LogP contribution in [-0.2, 0) is 34.0 Å². The van der Waals surface area contributed by atoms with E-state index in [0.717, 1.165) is 28.0 Å². The van der Waals surface area contributed by atoms with Crippen LogP contribution < -0.4 is 4.74 Å². The quantitative estimate of drug-likeness (QED) is 0.203. The Labute approximate surface area is 225 Å². The summed E-state index contributed by atoms with van der Waals surface area (Å²) < 4.78 is 25.2. The SMILES string of the molecule is COc1ccc([C@@H]2C=C[C@H](OCc3ccccc3)[C@@H](OCc3ccccc3)[C@@H]2OCc2ccccc2)cc1. The first kappa shape index (κ1) is 25.9. The third-order valence-electron chi connectivity index (χ3n) is 6.87. The molecule has 1 aliphatic rings. The molecule has 0 saturated carbocycles. The van der Waals surface area contributed by atoms with Crippen molar-refractivity contribution in [2.45, 2.75) is 44.1 Å². The first-order valence-electron chi connectivity index (χ1n) is 13.1. The number of hydrogen-bond acceptors (Lipinski definition) is 4. The van der Waals surface area contributed by atoms with Crippen LogP contribution in [0.15, 0.2) is 127 Å². The van der Waals surface area contributed by atoms with E-state index in [1.807, 2.05) is 66.7 Å². The fraction of sp³-hybridized carbons (Fsp3) is 0.235. The zero-order valence-electron chi connectivity index (χ0n) is 21.7. The van der Waals surface area contributed by atoms with Crippen molar-refractivity contribution < 1.29 is 18.9 Å². The van der Waals surface area contributed by atoms with E-state index in [1.54, 1.807) is 7.11 Å². The average Bonchev–Trinajstić information content (AvgIpc) is 2.99. The molecule has 0 heterocycles.